The number of benzene rings is 2. The lowest BCUT2D eigenvalue weighted by molar-refractivity contribution is 0.0397. The third kappa shape index (κ3) is 5.84. The molecule has 148 valence electrons. The van der Waals surface area contributed by atoms with Gasteiger partial charge in [-0.05, 0) is 60.1 Å². The zero-order chi connectivity index (χ0) is 21.6. The first kappa shape index (κ1) is 22.0. The summed E-state index contributed by atoms with van der Waals surface area (Å²) in [6.45, 7) is 8.41. The van der Waals surface area contributed by atoms with Crippen LogP contribution in [0.1, 0.15) is 70.7 Å². The smallest absolute Gasteiger partial charge is 0.347 e. The number of terminal acetylenes is 2. The van der Waals surface area contributed by atoms with Crippen molar-refractivity contribution in [3.8, 4) is 24.7 Å². The first-order valence-electron chi connectivity index (χ1n) is 9.70. The molecule has 0 fully saturated rings. The molecular formula is C26H26O3. The molecule has 0 spiro atoms. The highest BCUT2D eigenvalue weighted by molar-refractivity contribution is 6.04. The van der Waals surface area contributed by atoms with Crippen LogP contribution >= 0.6 is 0 Å². The molecule has 3 heteroatoms. The fraction of sp³-hybridized carbons (Fsp3) is 0.308. The number of carbonyl (C=O) groups is 2. The van der Waals surface area contributed by atoms with E-state index in [1.807, 2.05) is 12.1 Å². The van der Waals surface area contributed by atoms with E-state index in [9.17, 15) is 9.59 Å². The van der Waals surface area contributed by atoms with E-state index in [0.29, 0.717) is 23.0 Å². The van der Waals surface area contributed by atoms with E-state index in [1.54, 1.807) is 24.3 Å². The average molecular weight is 386 g/mol. The van der Waals surface area contributed by atoms with Crippen LogP contribution < -0.4 is 0 Å². The van der Waals surface area contributed by atoms with Crippen LogP contribution in [-0.2, 0) is 17.6 Å². The van der Waals surface area contributed by atoms with Gasteiger partial charge >= 0.3 is 11.9 Å². The molecule has 0 atom stereocenters. The van der Waals surface area contributed by atoms with Crippen molar-refractivity contribution in [3.05, 3.63) is 69.8 Å². The second-order valence-corrected chi connectivity index (χ2v) is 7.92. The Balaban J connectivity index is 2.24. The van der Waals surface area contributed by atoms with Crippen LogP contribution in [0.15, 0.2) is 36.4 Å². The first-order chi connectivity index (χ1) is 13.7. The van der Waals surface area contributed by atoms with Crippen molar-refractivity contribution < 1.29 is 14.3 Å². The van der Waals surface area contributed by atoms with Crippen molar-refractivity contribution in [2.24, 2.45) is 11.8 Å². The minimum Gasteiger partial charge on any atom is -0.386 e. The van der Waals surface area contributed by atoms with Crippen LogP contribution in [0.2, 0.25) is 0 Å². The Labute approximate surface area is 173 Å². The summed E-state index contributed by atoms with van der Waals surface area (Å²) in [6.07, 6.45) is 12.8. The van der Waals surface area contributed by atoms with Crippen LogP contribution in [0.25, 0.3) is 0 Å². The normalized spacial score (nSPS) is 10.5. The van der Waals surface area contributed by atoms with Gasteiger partial charge in [0.05, 0.1) is 11.1 Å². The van der Waals surface area contributed by atoms with Crippen LogP contribution in [0, 0.1) is 36.5 Å². The van der Waals surface area contributed by atoms with Gasteiger partial charge in [0, 0.05) is 11.1 Å². The molecule has 0 unspecified atom stereocenters. The maximum Gasteiger partial charge on any atom is 0.347 e. The fourth-order valence-electron chi connectivity index (χ4n) is 3.17. The molecule has 2 aromatic rings. The SMILES string of the molecule is C#Cc1cc(CC(C)C)ccc1C(=O)OC(=O)c1ccc(CC(C)C)cc1C#C. The lowest BCUT2D eigenvalue weighted by Crippen LogP contribution is -2.15. The van der Waals surface area contributed by atoms with Gasteiger partial charge in [-0.15, -0.1) is 12.8 Å². The van der Waals surface area contributed by atoms with E-state index < -0.39 is 11.9 Å². The lowest BCUT2D eigenvalue weighted by atomic mass is 9.97. The summed E-state index contributed by atoms with van der Waals surface area (Å²) in [4.78, 5) is 25.1. The number of hydrogen-bond donors (Lipinski definition) is 0. The number of rotatable bonds is 6. The van der Waals surface area contributed by atoms with Crippen molar-refractivity contribution in [1.82, 2.24) is 0 Å². The summed E-state index contributed by atoms with van der Waals surface area (Å²) in [5.74, 6) is 4.36. The lowest BCUT2D eigenvalue weighted by Gasteiger charge is -2.11. The Morgan fingerprint density at radius 3 is 1.48 bits per heavy atom. The Morgan fingerprint density at radius 1 is 0.793 bits per heavy atom. The van der Waals surface area contributed by atoms with E-state index in [0.717, 1.165) is 24.0 Å². The zero-order valence-corrected chi connectivity index (χ0v) is 17.4. The van der Waals surface area contributed by atoms with E-state index in [2.05, 4.69) is 39.5 Å². The Morgan fingerprint density at radius 2 is 1.17 bits per heavy atom. The molecule has 0 saturated carbocycles. The minimum absolute atomic E-state index is 0.187. The van der Waals surface area contributed by atoms with Crippen molar-refractivity contribution >= 4 is 11.9 Å². The largest absolute Gasteiger partial charge is 0.386 e. The maximum absolute atomic E-state index is 12.6. The molecule has 0 amide bonds. The predicted molar refractivity (Wildman–Crippen MR) is 116 cm³/mol. The van der Waals surface area contributed by atoms with Gasteiger partial charge in [0.1, 0.15) is 0 Å². The molecule has 0 heterocycles. The van der Waals surface area contributed by atoms with E-state index in [1.165, 1.54) is 0 Å². The fourth-order valence-corrected chi connectivity index (χ4v) is 3.17. The van der Waals surface area contributed by atoms with Crippen LogP contribution in [0.3, 0.4) is 0 Å². The van der Waals surface area contributed by atoms with Crippen LogP contribution in [-0.4, -0.2) is 11.9 Å². The average Bonchev–Trinajstić information content (AvgIpc) is 2.66. The summed E-state index contributed by atoms with van der Waals surface area (Å²) in [5.41, 5.74) is 3.26. The Hall–Kier alpha value is -3.30. The molecule has 0 radical (unpaired) electrons. The number of carbonyl (C=O) groups excluding carboxylic acids is 2. The molecule has 0 bridgehead atoms. The van der Waals surface area contributed by atoms with E-state index in [-0.39, 0.29) is 11.1 Å². The highest BCUT2D eigenvalue weighted by Crippen LogP contribution is 2.19. The predicted octanol–water partition coefficient (Wildman–Crippen LogP) is 5.04. The molecule has 0 N–H and O–H groups in total. The monoisotopic (exact) mass is 386 g/mol. The van der Waals surface area contributed by atoms with Gasteiger partial charge in [-0.25, -0.2) is 9.59 Å². The Bertz CT molecular complexity index is 916. The van der Waals surface area contributed by atoms with Gasteiger partial charge in [-0.2, -0.15) is 0 Å². The summed E-state index contributed by atoms with van der Waals surface area (Å²) >= 11 is 0. The maximum atomic E-state index is 12.6. The van der Waals surface area contributed by atoms with Gasteiger partial charge in [0.25, 0.3) is 0 Å². The van der Waals surface area contributed by atoms with E-state index in [4.69, 9.17) is 17.6 Å². The van der Waals surface area contributed by atoms with E-state index >= 15 is 0 Å². The molecule has 2 aromatic carbocycles. The molecule has 3 nitrogen and oxygen atoms in total. The molecule has 29 heavy (non-hydrogen) atoms. The van der Waals surface area contributed by atoms with Gasteiger partial charge in [-0.3, -0.25) is 0 Å². The second kappa shape index (κ2) is 9.76. The highest BCUT2D eigenvalue weighted by Gasteiger charge is 2.20. The summed E-state index contributed by atoms with van der Waals surface area (Å²) in [5, 5.41) is 0. The molecular weight excluding hydrogens is 360 g/mol. The second-order valence-electron chi connectivity index (χ2n) is 7.92. The molecule has 0 aliphatic heterocycles. The molecule has 0 aliphatic rings. The summed E-state index contributed by atoms with van der Waals surface area (Å²) in [6, 6.07) is 10.4. The molecule has 0 saturated heterocycles. The van der Waals surface area contributed by atoms with Crippen molar-refractivity contribution in [1.29, 1.82) is 0 Å². The third-order valence-electron chi connectivity index (χ3n) is 4.39. The Kier molecular flexibility index (Phi) is 7.40. The number of ether oxygens (including phenoxy) is 1. The van der Waals surface area contributed by atoms with Gasteiger partial charge in [0.15, 0.2) is 0 Å². The highest BCUT2D eigenvalue weighted by atomic mass is 16.6. The zero-order valence-electron chi connectivity index (χ0n) is 17.4. The summed E-state index contributed by atoms with van der Waals surface area (Å²) in [7, 11) is 0. The topological polar surface area (TPSA) is 43.4 Å². The first-order valence-corrected chi connectivity index (χ1v) is 9.70. The minimum atomic E-state index is -0.784. The van der Waals surface area contributed by atoms with Crippen LogP contribution in [0.4, 0.5) is 0 Å². The number of hydrogen-bond acceptors (Lipinski definition) is 3. The number of esters is 2. The third-order valence-corrected chi connectivity index (χ3v) is 4.39. The van der Waals surface area contributed by atoms with Crippen LogP contribution in [0.5, 0.6) is 0 Å². The van der Waals surface area contributed by atoms with Crippen molar-refractivity contribution in [2.45, 2.75) is 40.5 Å². The van der Waals surface area contributed by atoms with Crippen molar-refractivity contribution in [3.63, 3.8) is 0 Å². The van der Waals surface area contributed by atoms with Crippen molar-refractivity contribution in [2.75, 3.05) is 0 Å². The van der Waals surface area contributed by atoms with Gasteiger partial charge < -0.3 is 4.74 Å². The molecule has 2 rings (SSSR count). The molecule has 0 aliphatic carbocycles. The molecule has 0 aromatic heterocycles. The summed E-state index contributed by atoms with van der Waals surface area (Å²) < 4.78 is 5.08. The quantitative estimate of drug-likeness (QED) is 0.397. The van der Waals surface area contributed by atoms with Gasteiger partial charge in [0.2, 0.25) is 0 Å². The standard InChI is InChI=1S/C26H26O3/c1-7-21-15-19(13-17(3)4)9-11-23(21)25(27)29-26(28)24-12-10-20(14-18(5)6)16-22(24)8-2/h1-2,9-12,15-18H,13-14H2,3-6H3. The van der Waals surface area contributed by atoms with Gasteiger partial charge in [-0.1, -0.05) is 51.7 Å².